The van der Waals surface area contributed by atoms with Crippen molar-refractivity contribution in [3.05, 3.63) is 87.0 Å². The summed E-state index contributed by atoms with van der Waals surface area (Å²) in [6.45, 7) is 9.02. The van der Waals surface area contributed by atoms with Crippen molar-refractivity contribution in [1.82, 2.24) is 30.1 Å². The second-order valence-corrected chi connectivity index (χ2v) is 10.1. The van der Waals surface area contributed by atoms with Crippen LogP contribution in [-0.2, 0) is 24.2 Å². The third-order valence-electron chi connectivity index (χ3n) is 7.51. The number of aryl methyl sites for hydroxylation is 2. The van der Waals surface area contributed by atoms with Crippen molar-refractivity contribution in [3.63, 3.8) is 0 Å². The van der Waals surface area contributed by atoms with Gasteiger partial charge in [-0.05, 0) is 72.7 Å². The number of fused-ring (bicyclic) bond motifs is 1. The molecule has 1 aliphatic heterocycles. The van der Waals surface area contributed by atoms with Crippen LogP contribution >= 0.6 is 0 Å². The molecule has 5 rings (SSSR count). The van der Waals surface area contributed by atoms with Gasteiger partial charge in [-0.1, -0.05) is 49.4 Å². The first kappa shape index (κ1) is 25.3. The summed E-state index contributed by atoms with van der Waals surface area (Å²) in [7, 11) is 0. The van der Waals surface area contributed by atoms with E-state index in [1.165, 1.54) is 5.56 Å². The summed E-state index contributed by atoms with van der Waals surface area (Å²) in [5.41, 5.74) is 5.12. The van der Waals surface area contributed by atoms with Crippen molar-refractivity contribution in [1.29, 1.82) is 0 Å². The zero-order valence-corrected chi connectivity index (χ0v) is 22.0. The fourth-order valence-electron chi connectivity index (χ4n) is 5.38. The zero-order chi connectivity index (χ0) is 25.8. The van der Waals surface area contributed by atoms with Gasteiger partial charge in [0.05, 0.1) is 24.2 Å². The number of hydrogen-bond donors (Lipinski definition) is 1. The second-order valence-electron chi connectivity index (χ2n) is 10.1. The molecule has 8 nitrogen and oxygen atoms in total. The fraction of sp³-hybridized carbons (Fsp3) is 0.448. The van der Waals surface area contributed by atoms with E-state index in [1.54, 1.807) is 0 Å². The number of benzene rings is 2. The van der Waals surface area contributed by atoms with Crippen LogP contribution in [0, 0.1) is 13.8 Å². The van der Waals surface area contributed by atoms with Crippen LogP contribution in [0.5, 0.6) is 0 Å². The molecule has 0 radical (unpaired) electrons. The normalized spacial score (nSPS) is 16.6. The number of aromatic amines is 1. The summed E-state index contributed by atoms with van der Waals surface area (Å²) in [6, 6.07) is 16.7. The number of H-pyrrole nitrogens is 1. The number of pyridine rings is 1. The van der Waals surface area contributed by atoms with Gasteiger partial charge in [-0.3, -0.25) is 9.69 Å². The molecule has 8 heteroatoms. The van der Waals surface area contributed by atoms with Gasteiger partial charge in [0.1, 0.15) is 0 Å². The summed E-state index contributed by atoms with van der Waals surface area (Å²) < 4.78 is 7.76. The van der Waals surface area contributed by atoms with Crippen molar-refractivity contribution in [2.75, 3.05) is 13.2 Å². The molecule has 1 fully saturated rings. The molecule has 0 bridgehead atoms. The Bertz CT molecular complexity index is 1390. The maximum absolute atomic E-state index is 13.3. The van der Waals surface area contributed by atoms with Crippen molar-refractivity contribution >= 4 is 10.9 Å². The van der Waals surface area contributed by atoms with E-state index in [9.17, 15) is 4.79 Å². The average molecular weight is 501 g/mol. The first-order valence-corrected chi connectivity index (χ1v) is 13.3. The molecule has 2 unspecified atom stereocenters. The van der Waals surface area contributed by atoms with Gasteiger partial charge in [-0.15, -0.1) is 5.10 Å². The average Bonchev–Trinajstić information content (AvgIpc) is 3.59. The van der Waals surface area contributed by atoms with Crippen LogP contribution < -0.4 is 5.56 Å². The summed E-state index contributed by atoms with van der Waals surface area (Å²) in [5.74, 6) is 0.829. The maximum Gasteiger partial charge on any atom is 0.252 e. The molecule has 37 heavy (non-hydrogen) atoms. The Morgan fingerprint density at radius 2 is 1.97 bits per heavy atom. The minimum atomic E-state index is -0.0419. The lowest BCUT2D eigenvalue weighted by Crippen LogP contribution is -2.34. The molecule has 2 atom stereocenters. The van der Waals surface area contributed by atoms with Crippen molar-refractivity contribution in [2.24, 2.45) is 0 Å². The Balaban J connectivity index is 1.48. The van der Waals surface area contributed by atoms with Gasteiger partial charge in [0.15, 0.2) is 5.82 Å². The van der Waals surface area contributed by atoms with Gasteiger partial charge in [0.25, 0.3) is 5.56 Å². The number of nitrogens with zero attached hydrogens (tertiary/aromatic N) is 5. The summed E-state index contributed by atoms with van der Waals surface area (Å²) in [4.78, 5) is 18.8. The number of ether oxygens (including phenoxy) is 1. The zero-order valence-electron chi connectivity index (χ0n) is 22.0. The van der Waals surface area contributed by atoms with Crippen LogP contribution in [-0.4, -0.2) is 49.3 Å². The molecule has 1 aliphatic rings. The SMILES string of the molecule is CCC(c1nnnn1CC1CCCO1)N(CCc1ccccc1)Cc1cc2c(C)ccc(C)c2[nH]c1=O. The first-order valence-electron chi connectivity index (χ1n) is 13.3. The quantitative estimate of drug-likeness (QED) is 0.345. The topological polar surface area (TPSA) is 88.9 Å². The third kappa shape index (κ3) is 5.65. The number of rotatable bonds is 10. The summed E-state index contributed by atoms with van der Waals surface area (Å²) >= 11 is 0. The van der Waals surface area contributed by atoms with E-state index in [0.29, 0.717) is 13.1 Å². The van der Waals surface area contributed by atoms with E-state index in [2.05, 4.69) is 81.7 Å². The molecule has 0 amide bonds. The number of tetrazole rings is 1. The van der Waals surface area contributed by atoms with Crippen LogP contribution in [0.4, 0.5) is 0 Å². The molecule has 4 aromatic rings. The van der Waals surface area contributed by atoms with Gasteiger partial charge in [-0.25, -0.2) is 4.68 Å². The van der Waals surface area contributed by atoms with Gasteiger partial charge >= 0.3 is 0 Å². The smallest absolute Gasteiger partial charge is 0.252 e. The van der Waals surface area contributed by atoms with Crippen LogP contribution in [0.2, 0.25) is 0 Å². The van der Waals surface area contributed by atoms with E-state index in [-0.39, 0.29) is 17.7 Å². The standard InChI is InChI=1S/C29H36N6O2/c1-4-26(28-31-32-33-35(28)19-24-11-8-16-37-24)34(15-14-22-9-6-5-7-10-22)18-23-17-25-20(2)12-13-21(3)27(25)30-29(23)36/h5-7,9-10,12-13,17,24,26H,4,8,11,14-16,18-19H2,1-3H3,(H,30,36). The highest BCUT2D eigenvalue weighted by atomic mass is 16.5. The van der Waals surface area contributed by atoms with Crippen molar-refractivity contribution in [2.45, 2.75) is 71.7 Å². The van der Waals surface area contributed by atoms with E-state index in [4.69, 9.17) is 4.74 Å². The van der Waals surface area contributed by atoms with Crippen LogP contribution in [0.1, 0.15) is 60.3 Å². The van der Waals surface area contributed by atoms with Gasteiger partial charge in [-0.2, -0.15) is 0 Å². The molecule has 0 aliphatic carbocycles. The number of hydrogen-bond acceptors (Lipinski definition) is 6. The second kappa shape index (κ2) is 11.4. The lowest BCUT2D eigenvalue weighted by Gasteiger charge is -2.30. The summed E-state index contributed by atoms with van der Waals surface area (Å²) in [6.07, 6.45) is 3.94. The number of aromatic nitrogens is 5. The van der Waals surface area contributed by atoms with Crippen LogP contribution in [0.3, 0.4) is 0 Å². The minimum Gasteiger partial charge on any atom is -0.376 e. The monoisotopic (exact) mass is 500 g/mol. The highest BCUT2D eigenvalue weighted by molar-refractivity contribution is 5.85. The van der Waals surface area contributed by atoms with Crippen molar-refractivity contribution in [3.8, 4) is 0 Å². The van der Waals surface area contributed by atoms with Gasteiger partial charge < -0.3 is 9.72 Å². The molecular weight excluding hydrogens is 464 g/mol. The molecule has 2 aromatic heterocycles. The Hall–Kier alpha value is -3.36. The predicted molar refractivity (Wildman–Crippen MR) is 144 cm³/mol. The molecule has 3 heterocycles. The Morgan fingerprint density at radius 3 is 2.73 bits per heavy atom. The first-order chi connectivity index (χ1) is 18.0. The van der Waals surface area contributed by atoms with Gasteiger partial charge in [0, 0.05) is 30.6 Å². The van der Waals surface area contributed by atoms with Crippen LogP contribution in [0.25, 0.3) is 10.9 Å². The Labute approximate surface area is 217 Å². The molecular formula is C29H36N6O2. The lowest BCUT2D eigenvalue weighted by molar-refractivity contribution is 0.0893. The predicted octanol–water partition coefficient (Wildman–Crippen LogP) is 4.51. The summed E-state index contributed by atoms with van der Waals surface area (Å²) in [5, 5.41) is 13.9. The van der Waals surface area contributed by atoms with E-state index in [1.807, 2.05) is 17.7 Å². The molecule has 0 spiro atoms. The molecule has 0 saturated carbocycles. The molecule has 194 valence electrons. The van der Waals surface area contributed by atoms with E-state index >= 15 is 0 Å². The lowest BCUT2D eigenvalue weighted by atomic mass is 10.0. The Kier molecular flexibility index (Phi) is 7.76. The van der Waals surface area contributed by atoms with Gasteiger partial charge in [0.2, 0.25) is 0 Å². The van der Waals surface area contributed by atoms with Crippen molar-refractivity contribution < 1.29 is 4.74 Å². The highest BCUT2D eigenvalue weighted by Gasteiger charge is 2.27. The maximum atomic E-state index is 13.3. The minimum absolute atomic E-state index is 0.0335. The van der Waals surface area contributed by atoms with Crippen LogP contribution in [0.15, 0.2) is 53.3 Å². The molecule has 1 saturated heterocycles. The molecule has 2 aromatic carbocycles. The number of nitrogens with one attached hydrogen (secondary N) is 1. The van der Waals surface area contributed by atoms with E-state index < -0.39 is 0 Å². The van der Waals surface area contributed by atoms with E-state index in [0.717, 1.165) is 72.3 Å². The Morgan fingerprint density at radius 1 is 1.16 bits per heavy atom. The molecule has 1 N–H and O–H groups in total. The highest BCUT2D eigenvalue weighted by Crippen LogP contribution is 2.27. The largest absolute Gasteiger partial charge is 0.376 e. The third-order valence-corrected chi connectivity index (χ3v) is 7.51. The fourth-order valence-corrected chi connectivity index (χ4v) is 5.38.